The van der Waals surface area contributed by atoms with Gasteiger partial charge in [0, 0.05) is 11.4 Å². The van der Waals surface area contributed by atoms with E-state index in [-0.39, 0.29) is 34.4 Å². The number of ketones is 2. The van der Waals surface area contributed by atoms with Crippen molar-refractivity contribution in [2.75, 3.05) is 13.2 Å². The Morgan fingerprint density at radius 1 is 0.627 bits per heavy atom. The number of fused-ring (bicyclic) bond motifs is 2. The van der Waals surface area contributed by atoms with Crippen LogP contribution in [0.3, 0.4) is 0 Å². The van der Waals surface area contributed by atoms with Crippen molar-refractivity contribution in [1.82, 2.24) is 9.13 Å². The maximum atomic E-state index is 13.1. The summed E-state index contributed by atoms with van der Waals surface area (Å²) in [4.78, 5) is 75.3. The lowest BCUT2D eigenvalue weighted by Gasteiger charge is -2.19. The number of nitrogens with two attached hydrogens (primary N) is 2. The Morgan fingerprint density at radius 2 is 0.980 bits per heavy atom. The zero-order valence-electron chi connectivity index (χ0n) is 29.8. The second-order valence-electron chi connectivity index (χ2n) is 13.7. The summed E-state index contributed by atoms with van der Waals surface area (Å²) in [5.74, 6) is -4.51. The lowest BCUT2D eigenvalue weighted by molar-refractivity contribution is -0.158. The van der Waals surface area contributed by atoms with Crippen molar-refractivity contribution in [3.8, 4) is 11.5 Å². The number of benzene rings is 2. The van der Waals surface area contributed by atoms with E-state index >= 15 is 0 Å². The third-order valence-electron chi connectivity index (χ3n) is 7.50. The van der Waals surface area contributed by atoms with E-state index in [0.717, 1.165) is 0 Å². The topological polar surface area (TPSA) is 201 Å². The van der Waals surface area contributed by atoms with Crippen molar-refractivity contribution in [2.24, 2.45) is 11.5 Å². The van der Waals surface area contributed by atoms with Gasteiger partial charge in [-0.15, -0.1) is 11.8 Å². The molecule has 51 heavy (non-hydrogen) atoms. The molecule has 0 aliphatic heterocycles. The first-order valence-electron chi connectivity index (χ1n) is 15.9. The maximum absolute atomic E-state index is 13.1. The highest BCUT2D eigenvalue weighted by atomic mass is 32.2. The fourth-order valence-electron chi connectivity index (χ4n) is 5.60. The minimum atomic E-state index is -1.16. The van der Waals surface area contributed by atoms with Crippen molar-refractivity contribution >= 4 is 68.9 Å². The van der Waals surface area contributed by atoms with E-state index in [1.807, 2.05) is 9.13 Å². The monoisotopic (exact) mass is 722 g/mol. The van der Waals surface area contributed by atoms with Crippen LogP contribution in [0.2, 0.25) is 0 Å². The van der Waals surface area contributed by atoms with E-state index in [4.69, 9.17) is 30.4 Å². The zero-order valence-corrected chi connectivity index (χ0v) is 30.6. The van der Waals surface area contributed by atoms with Gasteiger partial charge in [0.05, 0.1) is 44.7 Å². The average molecular weight is 723 g/mol. The number of primary amides is 2. The number of esters is 2. The highest BCUT2D eigenvalue weighted by Gasteiger charge is 2.29. The Kier molecular flexibility index (Phi) is 11.2. The van der Waals surface area contributed by atoms with Crippen LogP contribution >= 0.6 is 11.8 Å². The molecular formula is C36H42N4O10S. The molecule has 0 spiro atoms. The molecule has 14 nitrogen and oxygen atoms in total. The Hall–Kier alpha value is -5.31. The molecule has 0 bridgehead atoms. The number of ether oxygens (including phenoxy) is 4. The minimum Gasteiger partial charge on any atom is -0.481 e. The minimum absolute atomic E-state index is 0.0432. The Bertz CT molecular complexity index is 1920. The fraction of sp³-hybridized carbons (Fsp3) is 0.389. The molecule has 4 rings (SSSR count). The van der Waals surface area contributed by atoms with Crippen molar-refractivity contribution < 1.29 is 47.7 Å². The predicted octanol–water partition coefficient (Wildman–Crippen LogP) is 4.34. The third kappa shape index (κ3) is 8.71. The number of hydrogen-bond donors (Lipinski definition) is 2. The van der Waals surface area contributed by atoms with E-state index < -0.39 is 59.7 Å². The SMILES string of the molecule is Cc1c(C(=O)C(N)=O)c2c(OCC(=O)OC(C)(C)C)cccc2n1CSCn1c(C)c(C(=O)C(N)=O)c2c(OCC(=O)OC(C)(C)C)cccc21. The van der Waals surface area contributed by atoms with Gasteiger partial charge in [-0.1, -0.05) is 12.1 Å². The van der Waals surface area contributed by atoms with Crippen LogP contribution in [0.15, 0.2) is 36.4 Å². The predicted molar refractivity (Wildman–Crippen MR) is 191 cm³/mol. The van der Waals surface area contributed by atoms with Crippen molar-refractivity contribution in [1.29, 1.82) is 0 Å². The van der Waals surface area contributed by atoms with Crippen LogP contribution in [-0.2, 0) is 40.4 Å². The van der Waals surface area contributed by atoms with Gasteiger partial charge >= 0.3 is 11.9 Å². The molecule has 4 aromatic rings. The molecule has 272 valence electrons. The molecule has 0 atom stereocenters. The smallest absolute Gasteiger partial charge is 0.344 e. The summed E-state index contributed by atoms with van der Waals surface area (Å²) in [5, 5.41) is 0.623. The first-order chi connectivity index (χ1) is 23.7. The lowest BCUT2D eigenvalue weighted by atomic mass is 10.1. The summed E-state index contributed by atoms with van der Waals surface area (Å²) < 4.78 is 25.9. The van der Waals surface area contributed by atoms with Gasteiger partial charge in [-0.05, 0) is 79.7 Å². The van der Waals surface area contributed by atoms with Gasteiger partial charge in [0.25, 0.3) is 23.4 Å². The summed E-state index contributed by atoms with van der Waals surface area (Å²) in [6.07, 6.45) is 0. The second-order valence-corrected chi connectivity index (χ2v) is 14.6. The van der Waals surface area contributed by atoms with Crippen LogP contribution in [0.4, 0.5) is 0 Å². The summed E-state index contributed by atoms with van der Waals surface area (Å²) >= 11 is 1.39. The standard InChI is InChI=1S/C36H42N4O10S/c1-19-27(31(43)33(37)45)29-21(11-9-13-23(29)47-15-25(41)49-35(3,4)5)39(19)17-51-18-40-20(2)28(32(44)34(38)46)30-22(40)12-10-14-24(30)48-16-26(42)50-36(6,7)8/h9-14H,15-18H2,1-8H3,(H2,37,45)(H2,38,46). The molecule has 2 aromatic heterocycles. The zero-order chi connectivity index (χ0) is 38.0. The lowest BCUT2D eigenvalue weighted by Crippen LogP contribution is -2.27. The molecule has 0 radical (unpaired) electrons. The van der Waals surface area contributed by atoms with Crippen molar-refractivity contribution in [2.45, 2.75) is 78.3 Å². The Balaban J connectivity index is 1.70. The highest BCUT2D eigenvalue weighted by molar-refractivity contribution is 7.97. The molecule has 0 saturated heterocycles. The van der Waals surface area contributed by atoms with Crippen molar-refractivity contribution in [3.63, 3.8) is 0 Å². The van der Waals surface area contributed by atoms with Gasteiger partial charge < -0.3 is 39.5 Å². The van der Waals surface area contributed by atoms with Crippen molar-refractivity contribution in [3.05, 3.63) is 58.9 Å². The van der Waals surface area contributed by atoms with Gasteiger partial charge in [-0.3, -0.25) is 19.2 Å². The number of amides is 2. The molecule has 15 heteroatoms. The Labute approximate surface area is 298 Å². The van der Waals surface area contributed by atoms with Crippen LogP contribution in [0, 0.1) is 13.8 Å². The number of aromatic nitrogens is 2. The number of thioether (sulfide) groups is 1. The largest absolute Gasteiger partial charge is 0.481 e. The van der Waals surface area contributed by atoms with Crippen LogP contribution in [0.25, 0.3) is 21.8 Å². The van der Waals surface area contributed by atoms with E-state index in [1.54, 1.807) is 91.8 Å². The van der Waals surface area contributed by atoms with Gasteiger partial charge in [-0.25, -0.2) is 9.59 Å². The van der Waals surface area contributed by atoms with Crippen LogP contribution in [0.1, 0.15) is 73.6 Å². The first kappa shape index (κ1) is 38.5. The van der Waals surface area contributed by atoms with E-state index in [2.05, 4.69) is 0 Å². The number of rotatable bonds is 14. The molecule has 4 N–H and O–H groups in total. The molecule has 0 aliphatic carbocycles. The molecule has 0 fully saturated rings. The summed E-state index contributed by atoms with van der Waals surface area (Å²) in [5.41, 5.74) is 11.4. The number of hydrogen-bond acceptors (Lipinski definition) is 11. The van der Waals surface area contributed by atoms with Gasteiger partial charge in [0.1, 0.15) is 22.7 Å². The average Bonchev–Trinajstić information content (AvgIpc) is 3.46. The number of Topliss-reactive ketones (excluding diaryl/α,β-unsaturated/α-hetero) is 2. The number of nitrogens with zero attached hydrogens (tertiary/aromatic N) is 2. The third-order valence-corrected chi connectivity index (χ3v) is 8.38. The first-order valence-corrected chi connectivity index (χ1v) is 17.1. The molecule has 0 unspecified atom stereocenters. The fourth-order valence-corrected chi connectivity index (χ4v) is 6.71. The van der Waals surface area contributed by atoms with Crippen LogP contribution in [-0.4, -0.2) is 68.9 Å². The number of carbonyl (C=O) groups excluding carboxylic acids is 6. The molecular weight excluding hydrogens is 680 g/mol. The quantitative estimate of drug-likeness (QED) is 0.107. The summed E-state index contributed by atoms with van der Waals surface area (Å²) in [6, 6.07) is 10.0. The molecule has 2 aromatic carbocycles. The van der Waals surface area contributed by atoms with Gasteiger partial charge in [0.2, 0.25) is 0 Å². The van der Waals surface area contributed by atoms with Crippen LogP contribution in [0.5, 0.6) is 11.5 Å². The molecule has 2 heterocycles. The van der Waals surface area contributed by atoms with Gasteiger partial charge in [-0.2, -0.15) is 0 Å². The van der Waals surface area contributed by atoms with Gasteiger partial charge in [0.15, 0.2) is 13.2 Å². The van der Waals surface area contributed by atoms with Crippen LogP contribution < -0.4 is 20.9 Å². The normalized spacial score (nSPS) is 11.8. The van der Waals surface area contributed by atoms with E-state index in [9.17, 15) is 28.8 Å². The summed E-state index contributed by atoms with van der Waals surface area (Å²) in [6.45, 7) is 12.8. The summed E-state index contributed by atoms with van der Waals surface area (Å²) in [7, 11) is 0. The highest BCUT2D eigenvalue weighted by Crippen LogP contribution is 2.37. The second kappa shape index (κ2) is 14.9. The maximum Gasteiger partial charge on any atom is 0.344 e. The van der Waals surface area contributed by atoms with E-state index in [0.29, 0.717) is 33.2 Å². The molecule has 0 saturated carbocycles. The number of carbonyl (C=O) groups is 6. The molecule has 2 amide bonds. The molecule has 0 aliphatic rings. The Morgan fingerprint density at radius 3 is 1.29 bits per heavy atom. The van der Waals surface area contributed by atoms with E-state index in [1.165, 1.54) is 11.8 Å².